The minimum atomic E-state index is 0.185. The third-order valence-electron chi connectivity index (χ3n) is 4.30. The number of fused-ring (bicyclic) bond motifs is 1. The molecule has 0 amide bonds. The minimum absolute atomic E-state index is 0.185. The number of ether oxygens (including phenoxy) is 1. The highest BCUT2D eigenvalue weighted by molar-refractivity contribution is 7.10. The van der Waals surface area contributed by atoms with Crippen LogP contribution in [0.2, 0.25) is 0 Å². The second-order valence-corrected chi connectivity index (χ2v) is 6.64. The van der Waals surface area contributed by atoms with Crippen LogP contribution in [0.3, 0.4) is 0 Å². The number of rotatable bonds is 3. The van der Waals surface area contributed by atoms with Gasteiger partial charge in [-0.3, -0.25) is 4.79 Å². The van der Waals surface area contributed by atoms with Crippen LogP contribution in [0, 0.1) is 0 Å². The first kappa shape index (κ1) is 14.2. The number of hydrogen-bond donors (Lipinski definition) is 0. The molecule has 2 heterocycles. The van der Waals surface area contributed by atoms with Crippen molar-refractivity contribution in [2.45, 2.75) is 18.8 Å². The van der Waals surface area contributed by atoms with Crippen LogP contribution >= 0.6 is 11.3 Å². The van der Waals surface area contributed by atoms with Crippen molar-refractivity contribution in [2.24, 2.45) is 0 Å². The quantitative estimate of drug-likeness (QED) is 0.735. The van der Waals surface area contributed by atoms with Gasteiger partial charge in [-0.25, -0.2) is 4.68 Å². The number of methoxy groups -OCH3 is 1. The van der Waals surface area contributed by atoms with Crippen molar-refractivity contribution in [3.63, 3.8) is 0 Å². The molecule has 4 nitrogen and oxygen atoms in total. The second-order valence-electron chi connectivity index (χ2n) is 5.66. The Hall–Kier alpha value is -2.40. The molecule has 0 bridgehead atoms. The number of nitrogens with zero attached hydrogens (tertiary/aromatic N) is 2. The number of ketones is 1. The van der Waals surface area contributed by atoms with Gasteiger partial charge in [0.15, 0.2) is 5.78 Å². The van der Waals surface area contributed by atoms with Crippen molar-refractivity contribution in [1.82, 2.24) is 9.78 Å². The third kappa shape index (κ3) is 2.47. The molecular formula is C18H16N2O2S. The largest absolute Gasteiger partial charge is 0.497 e. The standard InChI is InChI=1S/C18H16N2O2S/c1-22-14-6-4-13(5-7-14)20-16-9-12(18-3-2-8-23-18)10-17(21)15(16)11-19-20/h2-8,11-12H,9-10H2,1H3/t12-/m0/s1. The van der Waals surface area contributed by atoms with E-state index in [1.807, 2.05) is 35.0 Å². The zero-order valence-electron chi connectivity index (χ0n) is 12.7. The van der Waals surface area contributed by atoms with E-state index in [0.29, 0.717) is 6.42 Å². The number of Topliss-reactive ketones (excluding diaryl/α,β-unsaturated/α-hetero) is 1. The minimum Gasteiger partial charge on any atom is -0.497 e. The predicted octanol–water partition coefficient (Wildman–Crippen LogP) is 3.86. The summed E-state index contributed by atoms with van der Waals surface area (Å²) in [5.41, 5.74) is 2.71. The first-order chi connectivity index (χ1) is 11.3. The lowest BCUT2D eigenvalue weighted by atomic mass is 9.86. The smallest absolute Gasteiger partial charge is 0.166 e. The van der Waals surface area contributed by atoms with Crippen molar-refractivity contribution < 1.29 is 9.53 Å². The lowest BCUT2D eigenvalue weighted by molar-refractivity contribution is 0.0964. The molecule has 0 radical (unpaired) electrons. The fraction of sp³-hybridized carbons (Fsp3) is 0.222. The number of thiophene rings is 1. The van der Waals surface area contributed by atoms with Crippen LogP contribution in [-0.4, -0.2) is 22.7 Å². The summed E-state index contributed by atoms with van der Waals surface area (Å²) in [7, 11) is 1.65. The molecule has 3 aromatic rings. The predicted molar refractivity (Wildman–Crippen MR) is 89.8 cm³/mol. The summed E-state index contributed by atoms with van der Waals surface area (Å²) < 4.78 is 7.08. The summed E-state index contributed by atoms with van der Waals surface area (Å²) in [6, 6.07) is 11.9. The van der Waals surface area contributed by atoms with Gasteiger partial charge < -0.3 is 4.74 Å². The van der Waals surface area contributed by atoms with Gasteiger partial charge in [0.2, 0.25) is 0 Å². The fourth-order valence-corrected chi connectivity index (χ4v) is 3.94. The molecule has 0 saturated carbocycles. The molecule has 1 aliphatic rings. The zero-order chi connectivity index (χ0) is 15.8. The van der Waals surface area contributed by atoms with Crippen LogP contribution in [0.1, 0.15) is 33.3 Å². The lowest BCUT2D eigenvalue weighted by Crippen LogP contribution is -2.19. The first-order valence-corrected chi connectivity index (χ1v) is 8.42. The van der Waals surface area contributed by atoms with Crippen molar-refractivity contribution >= 4 is 17.1 Å². The van der Waals surface area contributed by atoms with Gasteiger partial charge in [0.05, 0.1) is 30.3 Å². The van der Waals surface area contributed by atoms with E-state index in [9.17, 15) is 4.79 Å². The molecule has 1 aliphatic carbocycles. The molecule has 1 aromatic carbocycles. The number of aromatic nitrogens is 2. The maximum atomic E-state index is 12.5. The van der Waals surface area contributed by atoms with Gasteiger partial charge in [-0.15, -0.1) is 11.3 Å². The van der Waals surface area contributed by atoms with Crippen molar-refractivity contribution in [3.8, 4) is 11.4 Å². The van der Waals surface area contributed by atoms with Gasteiger partial charge in [-0.1, -0.05) is 6.07 Å². The lowest BCUT2D eigenvalue weighted by Gasteiger charge is -2.21. The van der Waals surface area contributed by atoms with E-state index < -0.39 is 0 Å². The van der Waals surface area contributed by atoms with Crippen LogP contribution in [0.4, 0.5) is 0 Å². The van der Waals surface area contributed by atoms with Crippen LogP contribution in [-0.2, 0) is 6.42 Å². The molecule has 23 heavy (non-hydrogen) atoms. The molecule has 0 aliphatic heterocycles. The second kappa shape index (κ2) is 5.66. The van der Waals surface area contributed by atoms with Crippen LogP contribution in [0.15, 0.2) is 48.0 Å². The Bertz CT molecular complexity index is 835. The number of carbonyl (C=O) groups excluding carboxylic acids is 1. The third-order valence-corrected chi connectivity index (χ3v) is 5.34. The Kier molecular flexibility index (Phi) is 3.50. The summed E-state index contributed by atoms with van der Waals surface area (Å²) in [5, 5.41) is 6.51. The monoisotopic (exact) mass is 324 g/mol. The molecule has 2 aromatic heterocycles. The fourth-order valence-electron chi connectivity index (χ4n) is 3.11. The molecule has 0 unspecified atom stereocenters. The van der Waals surface area contributed by atoms with E-state index in [1.54, 1.807) is 24.6 Å². The van der Waals surface area contributed by atoms with E-state index >= 15 is 0 Å². The average molecular weight is 324 g/mol. The van der Waals surface area contributed by atoms with E-state index in [4.69, 9.17) is 4.74 Å². The van der Waals surface area contributed by atoms with Gasteiger partial charge in [0.1, 0.15) is 5.75 Å². The Labute approximate surface area is 138 Å². The van der Waals surface area contributed by atoms with Crippen molar-refractivity contribution in [3.05, 3.63) is 64.1 Å². The molecule has 0 spiro atoms. The van der Waals surface area contributed by atoms with Crippen LogP contribution in [0.5, 0.6) is 5.75 Å². The van der Waals surface area contributed by atoms with Gasteiger partial charge in [0.25, 0.3) is 0 Å². The summed E-state index contributed by atoms with van der Waals surface area (Å²) in [4.78, 5) is 13.7. The normalized spacial score (nSPS) is 17.1. The zero-order valence-corrected chi connectivity index (χ0v) is 13.5. The van der Waals surface area contributed by atoms with E-state index in [1.165, 1.54) is 4.88 Å². The van der Waals surface area contributed by atoms with Crippen LogP contribution in [0.25, 0.3) is 5.69 Å². The van der Waals surface area contributed by atoms with Gasteiger partial charge in [-0.2, -0.15) is 5.10 Å². The first-order valence-electron chi connectivity index (χ1n) is 7.54. The van der Waals surface area contributed by atoms with E-state index in [-0.39, 0.29) is 11.7 Å². The topological polar surface area (TPSA) is 44.1 Å². The Balaban J connectivity index is 1.73. The summed E-state index contributed by atoms with van der Waals surface area (Å²) in [5.74, 6) is 1.25. The van der Waals surface area contributed by atoms with Gasteiger partial charge in [0, 0.05) is 17.2 Å². The van der Waals surface area contributed by atoms with Gasteiger partial charge >= 0.3 is 0 Å². The van der Waals surface area contributed by atoms with Crippen molar-refractivity contribution in [2.75, 3.05) is 7.11 Å². The highest BCUT2D eigenvalue weighted by atomic mass is 32.1. The highest BCUT2D eigenvalue weighted by Gasteiger charge is 2.30. The molecule has 0 N–H and O–H groups in total. The average Bonchev–Trinajstić information content (AvgIpc) is 3.24. The molecule has 0 fully saturated rings. The number of benzene rings is 1. The number of carbonyl (C=O) groups is 1. The molecule has 116 valence electrons. The van der Waals surface area contributed by atoms with Crippen molar-refractivity contribution in [1.29, 1.82) is 0 Å². The molecule has 1 atom stereocenters. The van der Waals surface area contributed by atoms with Crippen LogP contribution < -0.4 is 4.74 Å². The van der Waals surface area contributed by atoms with Gasteiger partial charge in [-0.05, 0) is 42.1 Å². The molecule has 0 saturated heterocycles. The van der Waals surface area contributed by atoms with E-state index in [2.05, 4.69) is 16.5 Å². The molecule has 5 heteroatoms. The Morgan fingerprint density at radius 2 is 2.04 bits per heavy atom. The van der Waals surface area contributed by atoms with E-state index in [0.717, 1.165) is 29.1 Å². The summed E-state index contributed by atoms with van der Waals surface area (Å²) >= 11 is 1.72. The molecular weight excluding hydrogens is 308 g/mol. The molecule has 4 rings (SSSR count). The summed E-state index contributed by atoms with van der Waals surface area (Å²) in [6.45, 7) is 0. The number of hydrogen-bond acceptors (Lipinski definition) is 4. The summed E-state index contributed by atoms with van der Waals surface area (Å²) in [6.07, 6.45) is 3.11. The highest BCUT2D eigenvalue weighted by Crippen LogP contribution is 2.35. The maximum Gasteiger partial charge on any atom is 0.166 e. The maximum absolute atomic E-state index is 12.5. The SMILES string of the molecule is COc1ccc(-n2ncc3c2C[C@H](c2cccs2)CC3=O)cc1. The Morgan fingerprint density at radius 1 is 1.22 bits per heavy atom. The Morgan fingerprint density at radius 3 is 2.74 bits per heavy atom.